The minimum atomic E-state index is -2.73. The smallest absolute Gasteiger partial charge is 0.254 e. The fourth-order valence-corrected chi connectivity index (χ4v) is 6.08. The van der Waals surface area contributed by atoms with E-state index in [1.807, 2.05) is 58.0 Å². The zero-order valence-corrected chi connectivity index (χ0v) is 17.3. The number of nitrogens with zero attached hydrogens (tertiary/aromatic N) is 1. The molecule has 2 rings (SSSR count). The molecular formula is C21H28N2O3S. The predicted molar refractivity (Wildman–Crippen MR) is 108 cm³/mol. The van der Waals surface area contributed by atoms with Crippen molar-refractivity contribution < 1.29 is 13.8 Å². The Balaban J connectivity index is 1.95. The van der Waals surface area contributed by atoms with Crippen molar-refractivity contribution in [3.63, 3.8) is 0 Å². The Labute approximate surface area is 162 Å². The molecule has 1 N–H and O–H groups in total. The van der Waals surface area contributed by atoms with Gasteiger partial charge in [-0.15, -0.1) is 0 Å². The van der Waals surface area contributed by atoms with Crippen LogP contribution >= 0.6 is 0 Å². The summed E-state index contributed by atoms with van der Waals surface area (Å²) in [5.74, 6) is 6.14. The van der Waals surface area contributed by atoms with Crippen LogP contribution in [0.15, 0.2) is 34.7 Å². The minimum absolute atomic E-state index is 0.0357. The van der Waals surface area contributed by atoms with Crippen LogP contribution in [0.1, 0.15) is 46.1 Å². The van der Waals surface area contributed by atoms with E-state index in [1.165, 1.54) is 0 Å². The lowest BCUT2D eigenvalue weighted by Gasteiger charge is -2.21. The molecule has 1 aromatic rings. The highest BCUT2D eigenvalue weighted by Crippen LogP contribution is 2.29. The van der Waals surface area contributed by atoms with Gasteiger partial charge in [-0.1, -0.05) is 42.2 Å². The summed E-state index contributed by atoms with van der Waals surface area (Å²) < 4.78 is 17.3. The number of rotatable bonds is 5. The molecule has 0 atom stereocenters. The van der Waals surface area contributed by atoms with Crippen LogP contribution in [0.5, 0.6) is 0 Å². The first-order valence-electron chi connectivity index (χ1n) is 9.09. The van der Waals surface area contributed by atoms with Gasteiger partial charge in [0.15, 0.2) is 0 Å². The molecule has 0 aromatic heterocycles. The molecule has 5 nitrogen and oxygen atoms in total. The van der Waals surface area contributed by atoms with Gasteiger partial charge < -0.3 is 5.32 Å². The lowest BCUT2D eigenvalue weighted by molar-refractivity contribution is -0.125. The first kappa shape index (κ1) is 21.2. The van der Waals surface area contributed by atoms with Crippen molar-refractivity contribution in [1.82, 2.24) is 5.32 Å². The molecule has 146 valence electrons. The number of carbonyl (C=O) groups excluding carboxylic acids is 2. The van der Waals surface area contributed by atoms with Gasteiger partial charge in [0.05, 0.1) is 9.73 Å². The Kier molecular flexibility index (Phi) is 6.48. The summed E-state index contributed by atoms with van der Waals surface area (Å²) in [6, 6.07) is 9.55. The summed E-state index contributed by atoms with van der Waals surface area (Å²) in [4.78, 5) is 24.2. The lowest BCUT2D eigenvalue weighted by Crippen LogP contribution is -2.28. The van der Waals surface area contributed by atoms with Crippen LogP contribution in [0, 0.1) is 22.7 Å². The summed E-state index contributed by atoms with van der Waals surface area (Å²) in [5, 5.41) is 2.78. The molecule has 2 amide bonds. The second kappa shape index (κ2) is 8.26. The summed E-state index contributed by atoms with van der Waals surface area (Å²) in [5.41, 5.74) is 0.0800. The van der Waals surface area contributed by atoms with E-state index in [1.54, 1.807) is 0 Å². The summed E-state index contributed by atoms with van der Waals surface area (Å²) in [6.45, 7) is 8.08. The molecule has 0 bridgehead atoms. The van der Waals surface area contributed by atoms with Crippen LogP contribution in [-0.2, 0) is 25.9 Å². The highest BCUT2D eigenvalue weighted by Gasteiger charge is 2.32. The molecule has 1 aromatic carbocycles. The van der Waals surface area contributed by atoms with Crippen LogP contribution in [-0.4, -0.2) is 27.5 Å². The summed E-state index contributed by atoms with van der Waals surface area (Å²) in [7, 11) is -2.73. The molecule has 0 unspecified atom stereocenters. The Morgan fingerprint density at radius 1 is 1.04 bits per heavy atom. The molecule has 0 radical (unpaired) electrons. The van der Waals surface area contributed by atoms with Crippen molar-refractivity contribution in [2.45, 2.75) is 47.1 Å². The monoisotopic (exact) mass is 388 g/mol. The third kappa shape index (κ3) is 7.18. The van der Waals surface area contributed by atoms with Crippen molar-refractivity contribution in [3.05, 3.63) is 35.9 Å². The number of amides is 2. The first-order valence-corrected chi connectivity index (χ1v) is 10.9. The highest BCUT2D eigenvalue weighted by atomic mass is 32.2. The van der Waals surface area contributed by atoms with Crippen LogP contribution in [0.3, 0.4) is 0 Å². The van der Waals surface area contributed by atoms with Gasteiger partial charge in [0, 0.05) is 41.7 Å². The molecule has 0 fully saturated rings. The van der Waals surface area contributed by atoms with E-state index in [2.05, 4.69) is 21.5 Å². The van der Waals surface area contributed by atoms with Crippen molar-refractivity contribution in [2.24, 2.45) is 15.2 Å². The van der Waals surface area contributed by atoms with Gasteiger partial charge in [0.1, 0.15) is 0 Å². The third-order valence-corrected chi connectivity index (χ3v) is 6.96. The zero-order chi connectivity index (χ0) is 20.1. The fourth-order valence-electron chi connectivity index (χ4n) is 2.99. The summed E-state index contributed by atoms with van der Waals surface area (Å²) in [6.07, 6.45) is -0.00665. The summed E-state index contributed by atoms with van der Waals surface area (Å²) >= 11 is 0. The number of benzene rings is 1. The first-order chi connectivity index (χ1) is 12.5. The molecule has 27 heavy (non-hydrogen) atoms. The van der Waals surface area contributed by atoms with E-state index in [-0.39, 0.29) is 30.3 Å². The molecule has 1 heterocycles. The molecular weight excluding hydrogens is 360 g/mol. The second-order valence-corrected chi connectivity index (χ2v) is 10.6. The molecule has 0 saturated heterocycles. The SMILES string of the molecule is CC1(C)C#CC(C)(C)CS(=O)(=NC(=O)CCC(=O)NCc2ccccc2)C1. The fraction of sp³-hybridized carbons (Fsp3) is 0.524. The van der Waals surface area contributed by atoms with Crippen LogP contribution in [0.2, 0.25) is 0 Å². The van der Waals surface area contributed by atoms with Gasteiger partial charge in [-0.2, -0.15) is 4.36 Å². The number of hydrogen-bond donors (Lipinski definition) is 1. The maximum absolute atomic E-state index is 13.3. The van der Waals surface area contributed by atoms with E-state index in [4.69, 9.17) is 0 Å². The minimum Gasteiger partial charge on any atom is -0.352 e. The largest absolute Gasteiger partial charge is 0.352 e. The van der Waals surface area contributed by atoms with Gasteiger partial charge >= 0.3 is 0 Å². The molecule has 0 spiro atoms. The average Bonchev–Trinajstić information content (AvgIpc) is 2.64. The van der Waals surface area contributed by atoms with Crippen LogP contribution < -0.4 is 5.32 Å². The molecule has 1 aliphatic heterocycles. The van der Waals surface area contributed by atoms with E-state index in [0.717, 1.165) is 5.56 Å². The van der Waals surface area contributed by atoms with E-state index < -0.39 is 26.5 Å². The van der Waals surface area contributed by atoms with Crippen LogP contribution in [0.4, 0.5) is 0 Å². The number of nitrogens with one attached hydrogen (secondary N) is 1. The lowest BCUT2D eigenvalue weighted by atomic mass is 9.92. The maximum atomic E-state index is 13.3. The molecule has 0 aliphatic carbocycles. The van der Waals surface area contributed by atoms with Crippen molar-refractivity contribution in [2.75, 3.05) is 11.5 Å². The standard InChI is InChI=1S/C21H28N2O3S/c1-20(2)12-13-21(3,4)16-27(26,15-20)23-19(25)11-10-18(24)22-14-17-8-6-5-7-9-17/h5-9H,10-11,14-16H2,1-4H3,(H,22,24). The van der Waals surface area contributed by atoms with Gasteiger partial charge in [0.25, 0.3) is 5.91 Å². The second-order valence-electron chi connectivity index (χ2n) is 8.33. The van der Waals surface area contributed by atoms with Crippen molar-refractivity contribution >= 4 is 21.5 Å². The number of hydrogen-bond acceptors (Lipinski definition) is 3. The van der Waals surface area contributed by atoms with Gasteiger partial charge in [-0.05, 0) is 33.3 Å². The Bertz CT molecular complexity index is 855. The van der Waals surface area contributed by atoms with Crippen LogP contribution in [0.25, 0.3) is 0 Å². The maximum Gasteiger partial charge on any atom is 0.254 e. The van der Waals surface area contributed by atoms with E-state index in [9.17, 15) is 13.8 Å². The Morgan fingerprint density at radius 2 is 1.59 bits per heavy atom. The van der Waals surface area contributed by atoms with Crippen molar-refractivity contribution in [1.29, 1.82) is 0 Å². The van der Waals surface area contributed by atoms with Crippen molar-refractivity contribution in [3.8, 4) is 11.8 Å². The highest BCUT2D eigenvalue weighted by molar-refractivity contribution is 7.94. The zero-order valence-electron chi connectivity index (χ0n) is 16.5. The molecule has 1 aliphatic rings. The number of carbonyl (C=O) groups is 2. The van der Waals surface area contributed by atoms with Gasteiger partial charge in [-0.25, -0.2) is 4.21 Å². The Morgan fingerprint density at radius 3 is 2.15 bits per heavy atom. The Hall–Kier alpha value is -2.13. The molecule has 6 heteroatoms. The van der Waals surface area contributed by atoms with E-state index >= 15 is 0 Å². The quantitative estimate of drug-likeness (QED) is 0.788. The topological polar surface area (TPSA) is 75.6 Å². The van der Waals surface area contributed by atoms with Gasteiger partial charge in [0.2, 0.25) is 5.91 Å². The normalized spacial score (nSPS) is 19.1. The molecule has 0 saturated carbocycles. The predicted octanol–water partition coefficient (Wildman–Crippen LogP) is 3.15. The third-order valence-electron chi connectivity index (χ3n) is 4.08. The van der Waals surface area contributed by atoms with E-state index in [0.29, 0.717) is 6.54 Å². The average molecular weight is 389 g/mol. The van der Waals surface area contributed by atoms with Gasteiger partial charge in [-0.3, -0.25) is 9.59 Å².